The first kappa shape index (κ1) is 12.0. The third-order valence-corrected chi connectivity index (χ3v) is 2.52. The third kappa shape index (κ3) is 2.94. The van der Waals surface area contributed by atoms with Gasteiger partial charge in [0, 0.05) is 20.0 Å². The molecular weight excluding hydrogens is 241 g/mol. The van der Waals surface area contributed by atoms with E-state index < -0.39 is 5.56 Å². The molecule has 0 spiro atoms. The minimum absolute atomic E-state index is 0.0298. The molecule has 0 atom stereocenters. The zero-order chi connectivity index (χ0) is 11.4. The maximum atomic E-state index is 11.5. The normalized spacial score (nSPS) is 10.1. The molecule has 0 radical (unpaired) electrons. The van der Waals surface area contributed by atoms with Gasteiger partial charge in [-0.2, -0.15) is 0 Å². The first-order chi connectivity index (χ1) is 7.06. The fraction of sp³-hybridized carbons (Fsp3) is 0.375. The van der Waals surface area contributed by atoms with Crippen LogP contribution in [0.2, 0.25) is 10.2 Å². The van der Waals surface area contributed by atoms with Crippen LogP contribution < -0.4 is 10.9 Å². The van der Waals surface area contributed by atoms with Gasteiger partial charge in [0.25, 0.3) is 5.56 Å². The summed E-state index contributed by atoms with van der Waals surface area (Å²) in [5, 5.41) is 2.29. The molecule has 1 aromatic heterocycles. The van der Waals surface area contributed by atoms with Gasteiger partial charge in [-0.25, -0.2) is 4.98 Å². The number of nitrogens with zero attached hydrogens (tertiary/aromatic N) is 2. The van der Waals surface area contributed by atoms with Crippen LogP contribution in [0.25, 0.3) is 0 Å². The highest BCUT2D eigenvalue weighted by atomic mass is 35.5. The Morgan fingerprint density at radius 2 is 2.27 bits per heavy atom. The summed E-state index contributed by atoms with van der Waals surface area (Å²) in [7, 11) is 1.53. The molecule has 0 unspecified atom stereocenters. The van der Waals surface area contributed by atoms with E-state index in [1.807, 2.05) is 0 Å². The zero-order valence-electron chi connectivity index (χ0n) is 7.96. The quantitative estimate of drug-likeness (QED) is 0.802. The molecule has 1 N–H and O–H groups in total. The Morgan fingerprint density at radius 3 is 2.87 bits per heavy atom. The molecule has 1 aromatic rings. The summed E-state index contributed by atoms with van der Waals surface area (Å²) < 4.78 is 1.24. The van der Waals surface area contributed by atoms with Gasteiger partial charge in [-0.1, -0.05) is 23.2 Å². The Bertz CT molecular complexity index is 430. The lowest BCUT2D eigenvalue weighted by atomic mass is 10.4. The van der Waals surface area contributed by atoms with Crippen molar-refractivity contribution in [2.75, 3.05) is 7.05 Å². The van der Waals surface area contributed by atoms with E-state index in [9.17, 15) is 9.59 Å². The SMILES string of the molecule is CNC(=O)CCn1cnc(Cl)c(Cl)c1=O. The Balaban J connectivity index is 2.84. The largest absolute Gasteiger partial charge is 0.359 e. The average Bonchev–Trinajstić information content (AvgIpc) is 2.24. The summed E-state index contributed by atoms with van der Waals surface area (Å²) in [6.45, 7) is 0.225. The number of carbonyl (C=O) groups excluding carboxylic acids is 1. The van der Waals surface area contributed by atoms with Crippen molar-refractivity contribution in [1.82, 2.24) is 14.9 Å². The standard InChI is InChI=1S/C8H9Cl2N3O2/c1-11-5(14)2-3-13-4-12-7(10)6(9)8(13)15/h4H,2-3H2,1H3,(H,11,14). The van der Waals surface area contributed by atoms with E-state index in [-0.39, 0.29) is 29.0 Å². The summed E-state index contributed by atoms with van der Waals surface area (Å²) in [5.41, 5.74) is -0.444. The lowest BCUT2D eigenvalue weighted by Crippen LogP contribution is -2.25. The second-order valence-electron chi connectivity index (χ2n) is 2.77. The van der Waals surface area contributed by atoms with E-state index in [0.717, 1.165) is 0 Å². The first-order valence-corrected chi connectivity index (χ1v) is 4.93. The van der Waals surface area contributed by atoms with E-state index in [2.05, 4.69) is 10.3 Å². The van der Waals surface area contributed by atoms with Crippen molar-refractivity contribution in [3.8, 4) is 0 Å². The molecule has 15 heavy (non-hydrogen) atoms. The number of carbonyl (C=O) groups is 1. The molecule has 0 aliphatic heterocycles. The fourth-order valence-electron chi connectivity index (χ4n) is 0.950. The molecule has 0 saturated heterocycles. The molecule has 7 heteroatoms. The molecule has 0 aliphatic rings. The molecule has 1 heterocycles. The Labute approximate surface area is 96.0 Å². The Hall–Kier alpha value is -1.07. The molecule has 5 nitrogen and oxygen atoms in total. The topological polar surface area (TPSA) is 64.0 Å². The van der Waals surface area contributed by atoms with Crippen molar-refractivity contribution in [3.05, 3.63) is 26.9 Å². The molecular formula is C8H9Cl2N3O2. The number of hydrogen-bond donors (Lipinski definition) is 1. The maximum Gasteiger partial charge on any atom is 0.273 e. The summed E-state index contributed by atoms with van der Waals surface area (Å²) in [5.74, 6) is -0.159. The number of nitrogens with one attached hydrogen (secondary N) is 1. The molecule has 0 aliphatic carbocycles. The van der Waals surface area contributed by atoms with Gasteiger partial charge in [0.2, 0.25) is 5.91 Å². The van der Waals surface area contributed by atoms with Crippen molar-refractivity contribution < 1.29 is 4.79 Å². The van der Waals surface area contributed by atoms with Gasteiger partial charge in [0.1, 0.15) is 5.02 Å². The van der Waals surface area contributed by atoms with Gasteiger partial charge < -0.3 is 5.32 Å². The molecule has 0 bridgehead atoms. The highest BCUT2D eigenvalue weighted by Crippen LogP contribution is 2.12. The number of halogens is 2. The summed E-state index contributed by atoms with van der Waals surface area (Å²) in [6.07, 6.45) is 1.45. The minimum atomic E-state index is -0.444. The van der Waals surface area contributed by atoms with Crippen LogP contribution in [0.15, 0.2) is 11.1 Å². The van der Waals surface area contributed by atoms with Crippen LogP contribution in [0.1, 0.15) is 6.42 Å². The molecule has 0 saturated carbocycles. The average molecular weight is 250 g/mol. The van der Waals surface area contributed by atoms with E-state index in [0.29, 0.717) is 0 Å². The number of hydrogen-bond acceptors (Lipinski definition) is 3. The number of rotatable bonds is 3. The summed E-state index contributed by atoms with van der Waals surface area (Å²) >= 11 is 11.1. The Kier molecular flexibility index (Phi) is 4.11. The summed E-state index contributed by atoms with van der Waals surface area (Å²) in [6, 6.07) is 0. The second kappa shape index (κ2) is 5.14. The highest BCUT2D eigenvalue weighted by Gasteiger charge is 2.08. The van der Waals surface area contributed by atoms with Crippen molar-refractivity contribution in [2.45, 2.75) is 13.0 Å². The zero-order valence-corrected chi connectivity index (χ0v) is 9.47. The monoisotopic (exact) mass is 249 g/mol. The van der Waals surface area contributed by atoms with E-state index in [1.165, 1.54) is 17.9 Å². The predicted octanol–water partition coefficient (Wildman–Crippen LogP) is 0.686. The smallest absolute Gasteiger partial charge is 0.273 e. The van der Waals surface area contributed by atoms with Crippen molar-refractivity contribution in [3.63, 3.8) is 0 Å². The van der Waals surface area contributed by atoms with E-state index >= 15 is 0 Å². The van der Waals surface area contributed by atoms with Gasteiger partial charge in [-0.15, -0.1) is 0 Å². The van der Waals surface area contributed by atoms with Gasteiger partial charge in [0.15, 0.2) is 5.15 Å². The van der Waals surface area contributed by atoms with Crippen LogP contribution in [0.3, 0.4) is 0 Å². The van der Waals surface area contributed by atoms with Crippen LogP contribution in [0, 0.1) is 0 Å². The molecule has 82 valence electrons. The lowest BCUT2D eigenvalue weighted by molar-refractivity contribution is -0.120. The lowest BCUT2D eigenvalue weighted by Gasteiger charge is -2.04. The number of aromatic nitrogens is 2. The van der Waals surface area contributed by atoms with Crippen LogP contribution >= 0.6 is 23.2 Å². The first-order valence-electron chi connectivity index (χ1n) is 4.17. The van der Waals surface area contributed by atoms with Gasteiger partial charge >= 0.3 is 0 Å². The second-order valence-corrected chi connectivity index (χ2v) is 3.51. The van der Waals surface area contributed by atoms with Gasteiger partial charge in [-0.3, -0.25) is 14.2 Å². The Morgan fingerprint density at radius 1 is 1.60 bits per heavy atom. The molecule has 0 fully saturated rings. The maximum absolute atomic E-state index is 11.5. The highest BCUT2D eigenvalue weighted by molar-refractivity contribution is 6.40. The third-order valence-electron chi connectivity index (χ3n) is 1.80. The molecule has 1 rings (SSSR count). The minimum Gasteiger partial charge on any atom is -0.359 e. The number of aryl methyl sites for hydroxylation is 1. The van der Waals surface area contributed by atoms with Crippen molar-refractivity contribution >= 4 is 29.1 Å². The molecule has 0 aromatic carbocycles. The van der Waals surface area contributed by atoms with Gasteiger partial charge in [0.05, 0.1) is 6.33 Å². The van der Waals surface area contributed by atoms with Crippen molar-refractivity contribution in [2.24, 2.45) is 0 Å². The summed E-state index contributed by atoms with van der Waals surface area (Å²) in [4.78, 5) is 26.1. The molecule has 1 amide bonds. The van der Waals surface area contributed by atoms with Gasteiger partial charge in [-0.05, 0) is 0 Å². The van der Waals surface area contributed by atoms with Crippen LogP contribution in [-0.4, -0.2) is 22.5 Å². The van der Waals surface area contributed by atoms with E-state index in [1.54, 1.807) is 0 Å². The van der Waals surface area contributed by atoms with Crippen LogP contribution in [-0.2, 0) is 11.3 Å². The fourth-order valence-corrected chi connectivity index (χ4v) is 1.23. The van der Waals surface area contributed by atoms with Crippen LogP contribution in [0.5, 0.6) is 0 Å². The van der Waals surface area contributed by atoms with Crippen LogP contribution in [0.4, 0.5) is 0 Å². The van der Waals surface area contributed by atoms with Crippen molar-refractivity contribution in [1.29, 1.82) is 0 Å². The van der Waals surface area contributed by atoms with E-state index in [4.69, 9.17) is 23.2 Å². The predicted molar refractivity (Wildman–Crippen MR) is 57.2 cm³/mol. The number of amides is 1.